The van der Waals surface area contributed by atoms with Gasteiger partial charge in [-0.1, -0.05) is 40.2 Å². The van der Waals surface area contributed by atoms with Crippen LogP contribution in [0.15, 0.2) is 75.8 Å². The SMILES string of the molecule is O=C(COc1ccc(-c2ccc(Br)cc2)cc1)N1CCN(C(=O)c2ccco2)CC1. The molecule has 0 N–H and O–H groups in total. The summed E-state index contributed by atoms with van der Waals surface area (Å²) in [6.45, 7) is 1.90. The van der Waals surface area contributed by atoms with Gasteiger partial charge in [-0.25, -0.2) is 0 Å². The van der Waals surface area contributed by atoms with Gasteiger partial charge in [-0.3, -0.25) is 9.59 Å². The number of rotatable bonds is 5. The molecule has 0 aliphatic carbocycles. The number of piperazine rings is 1. The summed E-state index contributed by atoms with van der Waals surface area (Å²) in [5.74, 6) is 0.742. The van der Waals surface area contributed by atoms with Crippen molar-refractivity contribution in [3.8, 4) is 16.9 Å². The topological polar surface area (TPSA) is 63.0 Å². The van der Waals surface area contributed by atoms with Crippen LogP contribution in [0.4, 0.5) is 0 Å². The summed E-state index contributed by atoms with van der Waals surface area (Å²) in [6, 6.07) is 19.1. The molecule has 1 aromatic heterocycles. The Hall–Kier alpha value is -3.06. The van der Waals surface area contributed by atoms with E-state index in [1.807, 2.05) is 48.5 Å². The zero-order chi connectivity index (χ0) is 20.9. The molecule has 4 rings (SSSR count). The van der Waals surface area contributed by atoms with Crippen molar-refractivity contribution in [1.29, 1.82) is 0 Å². The van der Waals surface area contributed by atoms with Crippen LogP contribution in [0.5, 0.6) is 5.75 Å². The second-order valence-corrected chi connectivity index (χ2v) is 7.89. The highest BCUT2D eigenvalue weighted by Crippen LogP contribution is 2.24. The maximum Gasteiger partial charge on any atom is 0.289 e. The summed E-state index contributed by atoms with van der Waals surface area (Å²) in [7, 11) is 0. The summed E-state index contributed by atoms with van der Waals surface area (Å²) in [5, 5.41) is 0. The molecule has 0 saturated carbocycles. The maximum atomic E-state index is 12.5. The Morgan fingerprint density at radius 3 is 2.07 bits per heavy atom. The standard InChI is InChI=1S/C23H21BrN2O4/c24-19-7-3-17(4-8-19)18-5-9-20(10-6-18)30-16-22(27)25-11-13-26(14-12-25)23(28)21-2-1-15-29-21/h1-10,15H,11-14,16H2. The molecule has 154 valence electrons. The van der Waals surface area contributed by atoms with Gasteiger partial charge in [0, 0.05) is 30.7 Å². The molecule has 0 radical (unpaired) electrons. The van der Waals surface area contributed by atoms with Crippen LogP contribution in [-0.2, 0) is 4.79 Å². The third kappa shape index (κ3) is 4.74. The number of ether oxygens (including phenoxy) is 1. The Labute approximate surface area is 183 Å². The van der Waals surface area contributed by atoms with Crippen molar-refractivity contribution in [2.45, 2.75) is 0 Å². The first kappa shape index (κ1) is 20.2. The maximum absolute atomic E-state index is 12.5. The molecule has 2 aromatic carbocycles. The van der Waals surface area contributed by atoms with Crippen LogP contribution in [0.25, 0.3) is 11.1 Å². The Balaban J connectivity index is 1.26. The fraction of sp³-hybridized carbons (Fsp3) is 0.217. The van der Waals surface area contributed by atoms with Crippen LogP contribution >= 0.6 is 15.9 Å². The van der Waals surface area contributed by atoms with E-state index in [9.17, 15) is 9.59 Å². The van der Waals surface area contributed by atoms with Gasteiger partial charge in [0.05, 0.1) is 6.26 Å². The molecule has 0 spiro atoms. The predicted molar refractivity (Wildman–Crippen MR) is 116 cm³/mol. The van der Waals surface area contributed by atoms with Gasteiger partial charge in [0.2, 0.25) is 0 Å². The van der Waals surface area contributed by atoms with Gasteiger partial charge >= 0.3 is 0 Å². The van der Waals surface area contributed by atoms with Gasteiger partial charge in [-0.15, -0.1) is 0 Å². The minimum atomic E-state index is -0.144. The molecular weight excluding hydrogens is 448 g/mol. The van der Waals surface area contributed by atoms with E-state index in [1.54, 1.807) is 21.9 Å². The first-order valence-corrected chi connectivity index (χ1v) is 10.5. The van der Waals surface area contributed by atoms with Crippen molar-refractivity contribution >= 4 is 27.7 Å². The molecule has 0 bridgehead atoms. The first-order valence-electron chi connectivity index (χ1n) is 9.69. The number of carbonyl (C=O) groups is 2. The second-order valence-electron chi connectivity index (χ2n) is 6.97. The lowest BCUT2D eigenvalue weighted by molar-refractivity contribution is -0.134. The molecule has 6 nitrogen and oxygen atoms in total. The van der Waals surface area contributed by atoms with Crippen LogP contribution < -0.4 is 4.74 Å². The Morgan fingerprint density at radius 1 is 0.867 bits per heavy atom. The lowest BCUT2D eigenvalue weighted by Gasteiger charge is -2.34. The van der Waals surface area contributed by atoms with E-state index in [4.69, 9.17) is 9.15 Å². The zero-order valence-corrected chi connectivity index (χ0v) is 17.9. The molecule has 7 heteroatoms. The monoisotopic (exact) mass is 468 g/mol. The summed E-state index contributed by atoms with van der Waals surface area (Å²) >= 11 is 3.44. The highest BCUT2D eigenvalue weighted by molar-refractivity contribution is 9.10. The first-order chi connectivity index (χ1) is 14.6. The predicted octanol–water partition coefficient (Wildman–Crippen LogP) is 4.07. The minimum absolute atomic E-state index is 0.0240. The van der Waals surface area contributed by atoms with Crippen LogP contribution in [0.1, 0.15) is 10.6 Å². The molecule has 0 unspecified atom stereocenters. The normalized spacial score (nSPS) is 13.9. The lowest BCUT2D eigenvalue weighted by atomic mass is 10.1. The van der Waals surface area contributed by atoms with Crippen molar-refractivity contribution in [1.82, 2.24) is 9.80 Å². The van der Waals surface area contributed by atoms with Gasteiger partial charge in [0.15, 0.2) is 12.4 Å². The molecule has 30 heavy (non-hydrogen) atoms. The molecule has 1 aliphatic rings. The quantitative estimate of drug-likeness (QED) is 0.565. The molecule has 2 heterocycles. The van der Waals surface area contributed by atoms with E-state index >= 15 is 0 Å². The van der Waals surface area contributed by atoms with E-state index in [1.165, 1.54) is 6.26 Å². The van der Waals surface area contributed by atoms with Crippen molar-refractivity contribution in [2.24, 2.45) is 0 Å². The average Bonchev–Trinajstić information content (AvgIpc) is 3.33. The van der Waals surface area contributed by atoms with E-state index in [0.29, 0.717) is 37.7 Å². The van der Waals surface area contributed by atoms with Crippen LogP contribution in [-0.4, -0.2) is 54.4 Å². The molecule has 1 saturated heterocycles. The van der Waals surface area contributed by atoms with E-state index in [0.717, 1.165) is 15.6 Å². The molecule has 0 atom stereocenters. The van der Waals surface area contributed by atoms with Crippen molar-refractivity contribution < 1.29 is 18.7 Å². The number of furan rings is 1. The van der Waals surface area contributed by atoms with E-state index < -0.39 is 0 Å². The fourth-order valence-corrected chi connectivity index (χ4v) is 3.60. The number of amides is 2. The highest BCUT2D eigenvalue weighted by Gasteiger charge is 2.26. The third-order valence-corrected chi connectivity index (χ3v) is 5.57. The molecule has 3 aromatic rings. The number of hydrogen-bond acceptors (Lipinski definition) is 4. The number of halogens is 1. The van der Waals surface area contributed by atoms with Gasteiger partial charge in [0.25, 0.3) is 11.8 Å². The largest absolute Gasteiger partial charge is 0.484 e. The van der Waals surface area contributed by atoms with Crippen LogP contribution in [0, 0.1) is 0 Å². The summed E-state index contributed by atoms with van der Waals surface area (Å²) < 4.78 is 11.9. The van der Waals surface area contributed by atoms with E-state index in [-0.39, 0.29) is 18.4 Å². The summed E-state index contributed by atoms with van der Waals surface area (Å²) in [4.78, 5) is 28.2. The van der Waals surface area contributed by atoms with Gasteiger partial charge < -0.3 is 19.0 Å². The minimum Gasteiger partial charge on any atom is -0.484 e. The van der Waals surface area contributed by atoms with Crippen LogP contribution in [0.2, 0.25) is 0 Å². The zero-order valence-electron chi connectivity index (χ0n) is 16.3. The van der Waals surface area contributed by atoms with Crippen molar-refractivity contribution in [3.05, 3.63) is 77.2 Å². The Kier molecular flexibility index (Phi) is 6.18. The Bertz CT molecular complexity index is 993. The highest BCUT2D eigenvalue weighted by atomic mass is 79.9. The number of benzene rings is 2. The van der Waals surface area contributed by atoms with Crippen LogP contribution in [0.3, 0.4) is 0 Å². The average molecular weight is 469 g/mol. The molecular formula is C23H21BrN2O4. The summed E-state index contributed by atoms with van der Waals surface area (Å²) in [6.07, 6.45) is 1.48. The second kappa shape index (κ2) is 9.17. The fourth-order valence-electron chi connectivity index (χ4n) is 3.34. The smallest absolute Gasteiger partial charge is 0.289 e. The number of hydrogen-bond donors (Lipinski definition) is 0. The van der Waals surface area contributed by atoms with Crippen molar-refractivity contribution in [3.63, 3.8) is 0 Å². The number of carbonyl (C=O) groups excluding carboxylic acids is 2. The molecule has 2 amide bonds. The lowest BCUT2D eigenvalue weighted by Crippen LogP contribution is -2.51. The van der Waals surface area contributed by atoms with Gasteiger partial charge in [0.1, 0.15) is 5.75 Å². The third-order valence-electron chi connectivity index (χ3n) is 5.05. The molecule has 1 aliphatic heterocycles. The van der Waals surface area contributed by atoms with Gasteiger partial charge in [-0.2, -0.15) is 0 Å². The Morgan fingerprint density at radius 2 is 1.47 bits per heavy atom. The van der Waals surface area contributed by atoms with Crippen molar-refractivity contribution in [2.75, 3.05) is 32.8 Å². The molecule has 1 fully saturated rings. The number of nitrogens with zero attached hydrogens (tertiary/aromatic N) is 2. The van der Waals surface area contributed by atoms with Gasteiger partial charge in [-0.05, 0) is 47.5 Å². The summed E-state index contributed by atoms with van der Waals surface area (Å²) in [5.41, 5.74) is 2.20. The van der Waals surface area contributed by atoms with E-state index in [2.05, 4.69) is 15.9 Å².